The van der Waals surface area contributed by atoms with Gasteiger partial charge >= 0.3 is 5.97 Å². The lowest BCUT2D eigenvalue weighted by Crippen LogP contribution is -1.97. The van der Waals surface area contributed by atoms with E-state index in [0.29, 0.717) is 5.56 Å². The summed E-state index contributed by atoms with van der Waals surface area (Å²) in [7, 11) is 0. The first-order valence-electron chi connectivity index (χ1n) is 6.73. The molecule has 0 fully saturated rings. The van der Waals surface area contributed by atoms with Crippen LogP contribution in [-0.2, 0) is 0 Å². The Morgan fingerprint density at radius 1 is 1.05 bits per heavy atom. The second-order valence-corrected chi connectivity index (χ2v) is 6.31. The van der Waals surface area contributed by atoms with Gasteiger partial charge in [-0.05, 0) is 35.4 Å². The third-order valence-corrected chi connectivity index (χ3v) is 5.04. The highest BCUT2D eigenvalue weighted by atomic mass is 32.1. The van der Waals surface area contributed by atoms with Crippen LogP contribution in [0.5, 0.6) is 0 Å². The summed E-state index contributed by atoms with van der Waals surface area (Å²) in [6, 6.07) is 15.9. The number of rotatable bonds is 1. The number of carboxylic acid groups (broad SMARTS) is 1. The van der Waals surface area contributed by atoms with Crippen molar-refractivity contribution >= 4 is 48.3 Å². The number of hydrogen-bond acceptors (Lipinski definition) is 2. The standard InChI is InChI=1S/C18H12O2S/c1-10-6-7-13-15(8-10)21-17-12-5-3-2-4-11(12)9-14(16(13)17)18(19)20/h2-9H,1H3,(H,19,20). The molecule has 3 heteroatoms. The molecule has 0 saturated carbocycles. The number of benzene rings is 3. The zero-order valence-corrected chi connectivity index (χ0v) is 12.2. The smallest absolute Gasteiger partial charge is 0.336 e. The Balaban J connectivity index is 2.33. The SMILES string of the molecule is Cc1ccc2c(c1)sc1c3ccccc3cc(C(=O)O)c21. The molecule has 0 amide bonds. The van der Waals surface area contributed by atoms with Gasteiger partial charge in [-0.2, -0.15) is 0 Å². The molecule has 0 atom stereocenters. The molecule has 1 N–H and O–H groups in total. The van der Waals surface area contributed by atoms with Gasteiger partial charge in [0.2, 0.25) is 0 Å². The average Bonchev–Trinajstić information content (AvgIpc) is 2.84. The molecule has 0 bridgehead atoms. The summed E-state index contributed by atoms with van der Waals surface area (Å²) in [6.45, 7) is 2.06. The molecule has 3 aromatic carbocycles. The van der Waals surface area contributed by atoms with Gasteiger partial charge in [0.25, 0.3) is 0 Å². The summed E-state index contributed by atoms with van der Waals surface area (Å²) in [6.07, 6.45) is 0. The molecule has 4 aromatic rings. The van der Waals surface area contributed by atoms with E-state index in [1.165, 1.54) is 5.56 Å². The van der Waals surface area contributed by atoms with Gasteiger partial charge in [0.15, 0.2) is 0 Å². The Hall–Kier alpha value is -2.39. The van der Waals surface area contributed by atoms with Crippen LogP contribution in [0.15, 0.2) is 48.5 Å². The Kier molecular flexibility index (Phi) is 2.53. The molecule has 0 unspecified atom stereocenters. The van der Waals surface area contributed by atoms with Gasteiger partial charge < -0.3 is 5.11 Å². The van der Waals surface area contributed by atoms with E-state index >= 15 is 0 Å². The largest absolute Gasteiger partial charge is 0.478 e. The Morgan fingerprint density at radius 3 is 2.67 bits per heavy atom. The predicted molar refractivity (Wildman–Crippen MR) is 88.5 cm³/mol. The van der Waals surface area contributed by atoms with Gasteiger partial charge in [-0.15, -0.1) is 11.3 Å². The minimum atomic E-state index is -0.869. The van der Waals surface area contributed by atoms with Crippen LogP contribution in [0.25, 0.3) is 30.9 Å². The number of thiophene rings is 1. The second-order valence-electron chi connectivity index (χ2n) is 5.26. The number of aromatic carboxylic acids is 1. The third kappa shape index (κ3) is 1.74. The van der Waals surface area contributed by atoms with Crippen molar-refractivity contribution in [2.75, 3.05) is 0 Å². The number of aryl methyl sites for hydroxylation is 1. The molecule has 0 radical (unpaired) electrons. The normalized spacial score (nSPS) is 11.5. The molecule has 0 spiro atoms. The van der Waals surface area contributed by atoms with Gasteiger partial charge in [0.05, 0.1) is 5.56 Å². The van der Waals surface area contributed by atoms with Crippen molar-refractivity contribution < 1.29 is 9.90 Å². The molecule has 0 aliphatic carbocycles. The van der Waals surface area contributed by atoms with E-state index in [9.17, 15) is 9.90 Å². The van der Waals surface area contributed by atoms with E-state index in [0.717, 1.165) is 30.9 Å². The van der Waals surface area contributed by atoms with Crippen molar-refractivity contribution in [3.05, 3.63) is 59.7 Å². The highest BCUT2D eigenvalue weighted by molar-refractivity contribution is 7.26. The zero-order valence-electron chi connectivity index (χ0n) is 11.4. The Morgan fingerprint density at radius 2 is 1.86 bits per heavy atom. The lowest BCUT2D eigenvalue weighted by Gasteiger charge is -2.04. The topological polar surface area (TPSA) is 37.3 Å². The van der Waals surface area contributed by atoms with E-state index in [-0.39, 0.29) is 0 Å². The van der Waals surface area contributed by atoms with Crippen LogP contribution in [-0.4, -0.2) is 11.1 Å². The fourth-order valence-electron chi connectivity index (χ4n) is 2.89. The first-order chi connectivity index (χ1) is 10.1. The Labute approximate surface area is 125 Å². The van der Waals surface area contributed by atoms with Crippen LogP contribution < -0.4 is 0 Å². The number of carboxylic acids is 1. The minimum Gasteiger partial charge on any atom is -0.478 e. The number of fused-ring (bicyclic) bond motifs is 5. The van der Waals surface area contributed by atoms with Crippen molar-refractivity contribution in [1.29, 1.82) is 0 Å². The summed E-state index contributed by atoms with van der Waals surface area (Å²) >= 11 is 1.67. The van der Waals surface area contributed by atoms with Crippen molar-refractivity contribution in [3.63, 3.8) is 0 Å². The van der Waals surface area contributed by atoms with Gasteiger partial charge in [-0.3, -0.25) is 0 Å². The molecule has 0 aliphatic heterocycles. The van der Waals surface area contributed by atoms with Crippen LogP contribution in [0.3, 0.4) is 0 Å². The maximum Gasteiger partial charge on any atom is 0.336 e. The fraction of sp³-hybridized carbons (Fsp3) is 0.0556. The maximum absolute atomic E-state index is 11.7. The van der Waals surface area contributed by atoms with E-state index in [1.54, 1.807) is 17.4 Å². The maximum atomic E-state index is 11.7. The minimum absolute atomic E-state index is 0.388. The van der Waals surface area contributed by atoms with E-state index < -0.39 is 5.97 Å². The summed E-state index contributed by atoms with van der Waals surface area (Å²) in [5.74, 6) is -0.869. The molecule has 1 heterocycles. The summed E-state index contributed by atoms with van der Waals surface area (Å²) in [4.78, 5) is 11.7. The molecular formula is C18H12O2S. The molecule has 21 heavy (non-hydrogen) atoms. The summed E-state index contributed by atoms with van der Waals surface area (Å²) in [5.41, 5.74) is 1.58. The molecule has 0 aliphatic rings. The molecule has 0 saturated heterocycles. The summed E-state index contributed by atoms with van der Waals surface area (Å²) in [5, 5.41) is 13.6. The van der Waals surface area contributed by atoms with Crippen LogP contribution in [0.4, 0.5) is 0 Å². The van der Waals surface area contributed by atoms with Crippen molar-refractivity contribution in [2.45, 2.75) is 6.92 Å². The van der Waals surface area contributed by atoms with Gasteiger partial charge in [-0.1, -0.05) is 36.4 Å². The zero-order chi connectivity index (χ0) is 14.6. The first kappa shape index (κ1) is 12.4. The monoisotopic (exact) mass is 292 g/mol. The van der Waals surface area contributed by atoms with Crippen molar-refractivity contribution in [2.24, 2.45) is 0 Å². The predicted octanol–water partition coefficient (Wildman–Crippen LogP) is 5.21. The molecular weight excluding hydrogens is 280 g/mol. The number of hydrogen-bond donors (Lipinski definition) is 1. The van der Waals surface area contributed by atoms with Crippen molar-refractivity contribution in [3.8, 4) is 0 Å². The highest BCUT2D eigenvalue weighted by Crippen LogP contribution is 2.40. The van der Waals surface area contributed by atoms with Crippen LogP contribution in [0.1, 0.15) is 15.9 Å². The third-order valence-electron chi connectivity index (χ3n) is 3.85. The molecule has 4 rings (SSSR count). The van der Waals surface area contributed by atoms with E-state index in [2.05, 4.69) is 19.1 Å². The first-order valence-corrected chi connectivity index (χ1v) is 7.55. The quantitative estimate of drug-likeness (QED) is 0.522. The number of carbonyl (C=O) groups is 1. The highest BCUT2D eigenvalue weighted by Gasteiger charge is 2.17. The van der Waals surface area contributed by atoms with Crippen LogP contribution in [0, 0.1) is 6.92 Å². The lowest BCUT2D eigenvalue weighted by molar-refractivity contribution is 0.0699. The van der Waals surface area contributed by atoms with E-state index in [1.807, 2.05) is 30.3 Å². The van der Waals surface area contributed by atoms with Gasteiger partial charge in [-0.25, -0.2) is 4.79 Å². The molecule has 2 nitrogen and oxygen atoms in total. The molecule has 102 valence electrons. The Bertz CT molecular complexity index is 1030. The molecule has 1 aromatic heterocycles. The van der Waals surface area contributed by atoms with Gasteiger partial charge in [0, 0.05) is 20.2 Å². The summed E-state index contributed by atoms with van der Waals surface area (Å²) < 4.78 is 2.20. The second kappa shape index (κ2) is 4.30. The fourth-order valence-corrected chi connectivity index (χ4v) is 4.25. The van der Waals surface area contributed by atoms with Crippen molar-refractivity contribution in [1.82, 2.24) is 0 Å². The average molecular weight is 292 g/mol. The lowest BCUT2D eigenvalue weighted by atomic mass is 10.00. The van der Waals surface area contributed by atoms with Crippen LogP contribution >= 0.6 is 11.3 Å². The van der Waals surface area contributed by atoms with Gasteiger partial charge in [0.1, 0.15) is 0 Å². The van der Waals surface area contributed by atoms with E-state index in [4.69, 9.17) is 0 Å². The van der Waals surface area contributed by atoms with Crippen LogP contribution in [0.2, 0.25) is 0 Å².